The molecule has 5 aromatic rings. The van der Waals surface area contributed by atoms with Crippen LogP contribution in [-0.2, 0) is 5.54 Å². The Hall–Kier alpha value is -4.41. The fourth-order valence-electron chi connectivity index (χ4n) is 4.88. The molecule has 0 atom stereocenters. The Kier molecular flexibility index (Phi) is 7.76. The van der Waals surface area contributed by atoms with Crippen LogP contribution in [0, 0.1) is 5.41 Å². The van der Waals surface area contributed by atoms with Crippen molar-refractivity contribution in [3.05, 3.63) is 160 Å². The van der Waals surface area contributed by atoms with Crippen LogP contribution in [0.25, 0.3) is 0 Å². The molecule has 0 aliphatic heterocycles. The number of halogens is 1. The lowest BCUT2D eigenvalue weighted by Crippen LogP contribution is -2.38. The van der Waals surface area contributed by atoms with Gasteiger partial charge in [0.25, 0.3) is 0 Å². The molecule has 1 heterocycles. The van der Waals surface area contributed by atoms with Gasteiger partial charge in [-0.3, -0.25) is 5.41 Å². The maximum Gasteiger partial charge on any atom is 0.129 e. The molecule has 0 aliphatic carbocycles. The molecule has 2 N–H and O–H groups in total. The second-order valence-electron chi connectivity index (χ2n) is 9.59. The quantitative estimate of drug-likeness (QED) is 0.114. The van der Waals surface area contributed by atoms with Gasteiger partial charge in [-0.1, -0.05) is 103 Å². The minimum Gasteiger partial charge on any atom is -0.491 e. The fraction of sp³-hybridized carbons (Fsp3) is 0.118. The zero-order valence-corrected chi connectivity index (χ0v) is 22.7. The lowest BCUT2D eigenvalue weighted by molar-refractivity contribution is 0.242. The van der Waals surface area contributed by atoms with E-state index in [0.717, 1.165) is 22.4 Å². The molecule has 1 aromatic heterocycles. The van der Waals surface area contributed by atoms with Crippen molar-refractivity contribution >= 4 is 23.0 Å². The van der Waals surface area contributed by atoms with Crippen molar-refractivity contribution in [2.45, 2.75) is 25.5 Å². The van der Waals surface area contributed by atoms with Crippen LogP contribution in [0.4, 0.5) is 5.69 Å². The van der Waals surface area contributed by atoms with Crippen LogP contribution in [0.2, 0.25) is 5.15 Å². The number of nitrogens with one attached hydrogen (secondary N) is 2. The first-order chi connectivity index (χ1) is 19.0. The maximum absolute atomic E-state index is 9.23. The van der Waals surface area contributed by atoms with E-state index in [1.54, 1.807) is 18.3 Å². The van der Waals surface area contributed by atoms with Gasteiger partial charge in [-0.25, -0.2) is 4.98 Å². The van der Waals surface area contributed by atoms with Gasteiger partial charge in [0.15, 0.2) is 0 Å². The second-order valence-corrected chi connectivity index (χ2v) is 9.98. The number of hydrogen-bond donors (Lipinski definition) is 2. The molecular weight excluding hydrogens is 502 g/mol. The van der Waals surface area contributed by atoms with Gasteiger partial charge in [-0.05, 0) is 60.9 Å². The molecule has 0 fully saturated rings. The first kappa shape index (κ1) is 26.2. The second kappa shape index (κ2) is 11.5. The summed E-state index contributed by atoms with van der Waals surface area (Å²) in [6.07, 6.45) is 1.62. The van der Waals surface area contributed by atoms with E-state index in [-0.39, 0.29) is 6.10 Å². The van der Waals surface area contributed by atoms with E-state index in [1.165, 1.54) is 0 Å². The van der Waals surface area contributed by atoms with Crippen molar-refractivity contribution in [2.75, 3.05) is 5.32 Å². The zero-order chi connectivity index (χ0) is 27.2. The van der Waals surface area contributed by atoms with Gasteiger partial charge in [0.2, 0.25) is 0 Å². The number of aromatic nitrogens is 1. The van der Waals surface area contributed by atoms with Crippen LogP contribution in [-0.4, -0.2) is 16.8 Å². The molecule has 4 aromatic carbocycles. The van der Waals surface area contributed by atoms with Crippen LogP contribution in [0.5, 0.6) is 5.75 Å². The number of rotatable bonds is 9. The molecule has 0 bridgehead atoms. The van der Waals surface area contributed by atoms with Crippen LogP contribution in [0.1, 0.15) is 41.7 Å². The monoisotopic (exact) mass is 531 g/mol. The molecule has 4 nitrogen and oxygen atoms in total. The normalized spacial score (nSPS) is 11.3. The predicted octanol–water partition coefficient (Wildman–Crippen LogP) is 8.34. The Morgan fingerprint density at radius 1 is 0.769 bits per heavy atom. The number of nitrogens with zero attached hydrogens (tertiary/aromatic N) is 1. The third-order valence-electron chi connectivity index (χ3n) is 6.59. The van der Waals surface area contributed by atoms with Gasteiger partial charge in [0.05, 0.1) is 11.8 Å². The van der Waals surface area contributed by atoms with Gasteiger partial charge >= 0.3 is 0 Å². The Bertz CT molecular complexity index is 1460. The summed E-state index contributed by atoms with van der Waals surface area (Å²) in [5, 5.41) is 13.5. The first-order valence-electron chi connectivity index (χ1n) is 12.9. The SMILES string of the molecule is CC(C)Oc1ccc(NC(c2ccccc2)(c2ccccc2)c2ccccc2)c(C(=N)c2ccnc(Cl)c2)c1. The summed E-state index contributed by atoms with van der Waals surface area (Å²) in [5.41, 5.74) is 4.97. The van der Waals surface area contributed by atoms with Crippen molar-refractivity contribution in [1.29, 1.82) is 5.41 Å². The van der Waals surface area contributed by atoms with E-state index >= 15 is 0 Å². The Morgan fingerprint density at radius 3 is 1.79 bits per heavy atom. The average Bonchev–Trinajstić information content (AvgIpc) is 2.97. The lowest BCUT2D eigenvalue weighted by Gasteiger charge is -2.38. The van der Waals surface area contributed by atoms with Crippen LogP contribution < -0.4 is 10.1 Å². The summed E-state index contributed by atoms with van der Waals surface area (Å²) in [6, 6.07) is 40.6. The number of pyridine rings is 1. The van der Waals surface area contributed by atoms with E-state index in [1.807, 2.05) is 50.2 Å². The highest BCUT2D eigenvalue weighted by molar-refractivity contribution is 6.30. The smallest absolute Gasteiger partial charge is 0.129 e. The summed E-state index contributed by atoms with van der Waals surface area (Å²) in [5.74, 6) is 0.695. The number of anilines is 1. The summed E-state index contributed by atoms with van der Waals surface area (Å²) in [6.45, 7) is 3.98. The number of benzene rings is 4. The molecule has 39 heavy (non-hydrogen) atoms. The van der Waals surface area contributed by atoms with Crippen LogP contribution in [0.3, 0.4) is 0 Å². The number of hydrogen-bond acceptors (Lipinski definition) is 4. The van der Waals surface area contributed by atoms with Gasteiger partial charge in [0.1, 0.15) is 16.4 Å². The highest BCUT2D eigenvalue weighted by Gasteiger charge is 2.37. The minimum atomic E-state index is -0.741. The van der Waals surface area contributed by atoms with E-state index in [4.69, 9.17) is 16.3 Å². The topological polar surface area (TPSA) is 58.0 Å². The first-order valence-corrected chi connectivity index (χ1v) is 13.3. The van der Waals surface area contributed by atoms with E-state index < -0.39 is 5.54 Å². The van der Waals surface area contributed by atoms with Gasteiger partial charge in [-0.2, -0.15) is 0 Å². The molecule has 0 aliphatic rings. The largest absolute Gasteiger partial charge is 0.491 e. The molecule has 5 heteroatoms. The zero-order valence-electron chi connectivity index (χ0n) is 21.9. The van der Waals surface area contributed by atoms with E-state index in [0.29, 0.717) is 27.7 Å². The Morgan fingerprint density at radius 2 is 1.31 bits per heavy atom. The van der Waals surface area contributed by atoms with Gasteiger partial charge in [-0.15, -0.1) is 0 Å². The van der Waals surface area contributed by atoms with Crippen molar-refractivity contribution in [1.82, 2.24) is 4.98 Å². The summed E-state index contributed by atoms with van der Waals surface area (Å²) in [7, 11) is 0. The fourth-order valence-corrected chi connectivity index (χ4v) is 5.06. The molecule has 0 unspecified atom stereocenters. The summed E-state index contributed by atoms with van der Waals surface area (Å²) >= 11 is 6.21. The lowest BCUT2D eigenvalue weighted by atomic mass is 9.76. The third kappa shape index (κ3) is 5.57. The molecule has 0 amide bonds. The van der Waals surface area contributed by atoms with Crippen molar-refractivity contribution in [2.24, 2.45) is 0 Å². The molecule has 0 saturated heterocycles. The van der Waals surface area contributed by atoms with Crippen molar-refractivity contribution in [3.8, 4) is 5.75 Å². The average molecular weight is 532 g/mol. The maximum atomic E-state index is 9.23. The standard InChI is InChI=1S/C34H30ClN3O/c1-24(2)39-29-18-19-31(30(23-29)33(36)25-20-21-37-32(35)22-25)38-34(26-12-6-3-7-13-26,27-14-8-4-9-15-27)28-16-10-5-11-17-28/h3-24,36,38H,1-2H3. The Balaban J connectivity index is 1.75. The van der Waals surface area contributed by atoms with Crippen molar-refractivity contribution < 1.29 is 4.74 Å². The molecule has 0 saturated carbocycles. The molecule has 0 radical (unpaired) electrons. The molecule has 5 rings (SSSR count). The predicted molar refractivity (Wildman–Crippen MR) is 160 cm³/mol. The highest BCUT2D eigenvalue weighted by atomic mass is 35.5. The minimum absolute atomic E-state index is 0.00161. The Labute approximate surface area is 234 Å². The van der Waals surface area contributed by atoms with E-state index in [2.05, 4.69) is 83.1 Å². The van der Waals surface area contributed by atoms with Crippen LogP contribution >= 0.6 is 11.6 Å². The summed E-state index contributed by atoms with van der Waals surface area (Å²) < 4.78 is 6.04. The van der Waals surface area contributed by atoms with Crippen LogP contribution in [0.15, 0.2) is 128 Å². The molecule has 194 valence electrons. The summed E-state index contributed by atoms with van der Waals surface area (Å²) in [4.78, 5) is 4.10. The molecule has 0 spiro atoms. The van der Waals surface area contributed by atoms with Gasteiger partial charge in [0, 0.05) is 23.0 Å². The third-order valence-corrected chi connectivity index (χ3v) is 6.80. The van der Waals surface area contributed by atoms with Crippen molar-refractivity contribution in [3.63, 3.8) is 0 Å². The number of ether oxygens (including phenoxy) is 1. The van der Waals surface area contributed by atoms with Gasteiger partial charge < -0.3 is 10.1 Å². The highest BCUT2D eigenvalue weighted by Crippen LogP contribution is 2.41. The molecular formula is C34H30ClN3O. The van der Waals surface area contributed by atoms with E-state index in [9.17, 15) is 5.41 Å².